The van der Waals surface area contributed by atoms with Gasteiger partial charge in [-0.1, -0.05) is 66.7 Å². The standard InChI is InChI=1S/C16H13BO/c18-17-16-11-5-9-14-13(8-4-10-15(14)16)12-6-2-1-3-7-12/h1-11,17-18H. The first-order valence-electron chi connectivity index (χ1n) is 6.07. The van der Waals surface area contributed by atoms with Crippen LogP contribution in [0.3, 0.4) is 0 Å². The molecule has 0 unspecified atom stereocenters. The summed E-state index contributed by atoms with van der Waals surface area (Å²) in [5, 5.41) is 11.7. The summed E-state index contributed by atoms with van der Waals surface area (Å²) in [7, 11) is 0.0790. The molecular formula is C16H13BO. The number of hydrogen-bond donors (Lipinski definition) is 1. The predicted octanol–water partition coefficient (Wildman–Crippen LogP) is 2.48. The van der Waals surface area contributed by atoms with Crippen LogP contribution in [-0.4, -0.2) is 12.5 Å². The van der Waals surface area contributed by atoms with Gasteiger partial charge < -0.3 is 5.02 Å². The van der Waals surface area contributed by atoms with Crippen LogP contribution in [0.25, 0.3) is 21.9 Å². The third-order valence-electron chi connectivity index (χ3n) is 3.27. The van der Waals surface area contributed by atoms with Crippen LogP contribution in [0.1, 0.15) is 0 Å². The molecule has 0 fully saturated rings. The Morgan fingerprint density at radius 3 is 2.17 bits per heavy atom. The SMILES string of the molecule is OBc1cccc2c(-c3ccccc3)cccc12. The molecule has 1 nitrogen and oxygen atoms in total. The Morgan fingerprint density at radius 2 is 1.39 bits per heavy atom. The molecule has 0 amide bonds. The number of rotatable bonds is 2. The highest BCUT2D eigenvalue weighted by atomic mass is 16.2. The van der Waals surface area contributed by atoms with Gasteiger partial charge in [-0.3, -0.25) is 0 Å². The second kappa shape index (κ2) is 4.67. The summed E-state index contributed by atoms with van der Waals surface area (Å²) in [5.41, 5.74) is 3.40. The van der Waals surface area contributed by atoms with Crippen LogP contribution in [0.4, 0.5) is 0 Å². The summed E-state index contributed by atoms with van der Waals surface area (Å²) in [6.45, 7) is 0. The van der Waals surface area contributed by atoms with Crippen LogP contribution in [0, 0.1) is 0 Å². The molecule has 0 saturated heterocycles. The fraction of sp³-hybridized carbons (Fsp3) is 0. The molecule has 86 valence electrons. The lowest BCUT2D eigenvalue weighted by Crippen LogP contribution is -2.14. The zero-order valence-corrected chi connectivity index (χ0v) is 10.0. The third kappa shape index (κ3) is 1.81. The Kier molecular flexibility index (Phi) is 2.87. The van der Waals surface area contributed by atoms with E-state index in [1.165, 1.54) is 16.5 Å². The quantitative estimate of drug-likeness (QED) is 0.673. The van der Waals surface area contributed by atoms with Crippen LogP contribution in [-0.2, 0) is 0 Å². The lowest BCUT2D eigenvalue weighted by Gasteiger charge is -2.09. The molecule has 0 bridgehead atoms. The predicted molar refractivity (Wildman–Crippen MR) is 78.4 cm³/mol. The maximum atomic E-state index is 9.40. The molecule has 0 aliphatic heterocycles. The van der Waals surface area contributed by atoms with Crippen molar-refractivity contribution in [3.05, 3.63) is 66.7 Å². The number of hydrogen-bond acceptors (Lipinski definition) is 1. The van der Waals surface area contributed by atoms with E-state index in [-0.39, 0.29) is 7.48 Å². The molecule has 0 aromatic heterocycles. The normalized spacial score (nSPS) is 10.5. The van der Waals surface area contributed by atoms with Crippen molar-refractivity contribution >= 4 is 23.7 Å². The molecule has 0 aliphatic carbocycles. The highest BCUT2D eigenvalue weighted by molar-refractivity contribution is 6.50. The van der Waals surface area contributed by atoms with Crippen molar-refractivity contribution in [3.63, 3.8) is 0 Å². The van der Waals surface area contributed by atoms with Crippen LogP contribution >= 0.6 is 0 Å². The Balaban J connectivity index is 2.32. The van der Waals surface area contributed by atoms with E-state index >= 15 is 0 Å². The van der Waals surface area contributed by atoms with Gasteiger partial charge >= 0.3 is 7.48 Å². The molecule has 2 heteroatoms. The lowest BCUT2D eigenvalue weighted by atomic mass is 9.83. The first kappa shape index (κ1) is 11.1. The fourth-order valence-electron chi connectivity index (χ4n) is 2.38. The average molecular weight is 232 g/mol. The summed E-state index contributed by atoms with van der Waals surface area (Å²) < 4.78 is 0. The Morgan fingerprint density at radius 1 is 0.667 bits per heavy atom. The van der Waals surface area contributed by atoms with Gasteiger partial charge in [0.15, 0.2) is 0 Å². The topological polar surface area (TPSA) is 20.2 Å². The van der Waals surface area contributed by atoms with Crippen molar-refractivity contribution in [2.24, 2.45) is 0 Å². The van der Waals surface area contributed by atoms with Crippen LogP contribution < -0.4 is 5.46 Å². The van der Waals surface area contributed by atoms with Crippen LogP contribution in [0.2, 0.25) is 0 Å². The largest absolute Gasteiger partial charge is 0.449 e. The molecule has 1 N–H and O–H groups in total. The molecule has 3 aromatic carbocycles. The zero-order chi connectivity index (χ0) is 12.4. The van der Waals surface area contributed by atoms with E-state index in [9.17, 15) is 5.02 Å². The molecule has 0 aliphatic rings. The minimum atomic E-state index is 0.0790. The van der Waals surface area contributed by atoms with Gasteiger partial charge in [-0.2, -0.15) is 0 Å². The fourth-order valence-corrected chi connectivity index (χ4v) is 2.38. The second-order valence-electron chi connectivity index (χ2n) is 4.34. The summed E-state index contributed by atoms with van der Waals surface area (Å²) in [6, 6.07) is 22.6. The van der Waals surface area contributed by atoms with Crippen molar-refractivity contribution in [2.75, 3.05) is 0 Å². The van der Waals surface area contributed by atoms with E-state index in [4.69, 9.17) is 0 Å². The van der Waals surface area contributed by atoms with Gasteiger partial charge in [0.2, 0.25) is 0 Å². The van der Waals surface area contributed by atoms with Crippen LogP contribution in [0.15, 0.2) is 66.7 Å². The van der Waals surface area contributed by atoms with E-state index in [0.717, 1.165) is 10.8 Å². The molecule has 0 saturated carbocycles. The van der Waals surface area contributed by atoms with Crippen molar-refractivity contribution < 1.29 is 5.02 Å². The maximum Gasteiger partial charge on any atom is 0.305 e. The number of benzene rings is 3. The Labute approximate surface area is 107 Å². The van der Waals surface area contributed by atoms with E-state index in [0.29, 0.717) is 0 Å². The Bertz CT molecular complexity index is 677. The smallest absolute Gasteiger partial charge is 0.305 e. The first-order valence-corrected chi connectivity index (χ1v) is 6.07. The van der Waals surface area contributed by atoms with Crippen molar-refractivity contribution in [3.8, 4) is 11.1 Å². The molecule has 0 heterocycles. The lowest BCUT2D eigenvalue weighted by molar-refractivity contribution is 0.616. The van der Waals surface area contributed by atoms with Gasteiger partial charge in [0.25, 0.3) is 0 Å². The molecule has 18 heavy (non-hydrogen) atoms. The summed E-state index contributed by atoms with van der Waals surface area (Å²) in [6.07, 6.45) is 0. The van der Waals surface area contributed by atoms with Crippen molar-refractivity contribution in [2.45, 2.75) is 0 Å². The van der Waals surface area contributed by atoms with Gasteiger partial charge in [0.05, 0.1) is 0 Å². The van der Waals surface area contributed by atoms with Gasteiger partial charge in [0, 0.05) is 0 Å². The zero-order valence-electron chi connectivity index (χ0n) is 10.0. The van der Waals surface area contributed by atoms with Crippen molar-refractivity contribution in [1.82, 2.24) is 0 Å². The van der Waals surface area contributed by atoms with Gasteiger partial charge in [-0.25, -0.2) is 0 Å². The minimum absolute atomic E-state index is 0.0790. The highest BCUT2D eigenvalue weighted by Gasteiger charge is 2.06. The molecule has 0 spiro atoms. The highest BCUT2D eigenvalue weighted by Crippen LogP contribution is 2.27. The summed E-state index contributed by atoms with van der Waals surface area (Å²) in [5.74, 6) is 0. The third-order valence-corrected chi connectivity index (χ3v) is 3.27. The van der Waals surface area contributed by atoms with E-state index in [1.54, 1.807) is 0 Å². The average Bonchev–Trinajstić information content (AvgIpc) is 2.47. The van der Waals surface area contributed by atoms with E-state index < -0.39 is 0 Å². The van der Waals surface area contributed by atoms with Gasteiger partial charge in [-0.15, -0.1) is 0 Å². The molecule has 3 aromatic rings. The monoisotopic (exact) mass is 232 g/mol. The minimum Gasteiger partial charge on any atom is -0.449 e. The molecule has 0 radical (unpaired) electrons. The van der Waals surface area contributed by atoms with E-state index in [1.807, 2.05) is 36.4 Å². The molecular weight excluding hydrogens is 219 g/mol. The second-order valence-corrected chi connectivity index (χ2v) is 4.34. The molecule has 0 atom stereocenters. The van der Waals surface area contributed by atoms with Gasteiger partial charge in [0.1, 0.15) is 0 Å². The van der Waals surface area contributed by atoms with Gasteiger partial charge in [-0.05, 0) is 27.4 Å². The Hall–Kier alpha value is -2.06. The van der Waals surface area contributed by atoms with E-state index in [2.05, 4.69) is 30.3 Å². The summed E-state index contributed by atoms with van der Waals surface area (Å²) in [4.78, 5) is 0. The maximum absolute atomic E-state index is 9.40. The first-order chi connectivity index (χ1) is 8.90. The summed E-state index contributed by atoms with van der Waals surface area (Å²) >= 11 is 0. The molecule has 3 rings (SSSR count). The van der Waals surface area contributed by atoms with Crippen LogP contribution in [0.5, 0.6) is 0 Å². The number of fused-ring (bicyclic) bond motifs is 1. The van der Waals surface area contributed by atoms with Crippen molar-refractivity contribution in [1.29, 1.82) is 0 Å².